The molecule has 0 aromatic heterocycles. The molecule has 4 aliphatic rings. The van der Waals surface area contributed by atoms with Gasteiger partial charge in [-0.25, -0.2) is 0 Å². The van der Waals surface area contributed by atoms with Crippen LogP contribution in [0.2, 0.25) is 0 Å². The molecule has 93 valence electrons. The van der Waals surface area contributed by atoms with E-state index >= 15 is 0 Å². The van der Waals surface area contributed by atoms with E-state index < -0.39 is 0 Å². The van der Waals surface area contributed by atoms with Crippen LogP contribution in [0.5, 0.6) is 0 Å². The van der Waals surface area contributed by atoms with Crippen LogP contribution in [0.4, 0.5) is 0 Å². The van der Waals surface area contributed by atoms with E-state index in [-0.39, 0.29) is 0 Å². The first-order valence-electron chi connectivity index (χ1n) is 6.99. The van der Waals surface area contributed by atoms with E-state index in [9.17, 15) is 0 Å². The Balaban J connectivity index is 1.91. The van der Waals surface area contributed by atoms with Gasteiger partial charge in [-0.1, -0.05) is 68.0 Å². The van der Waals surface area contributed by atoms with Gasteiger partial charge < -0.3 is 0 Å². The predicted octanol–water partition coefficient (Wildman–Crippen LogP) is 4.62. The van der Waals surface area contributed by atoms with Crippen LogP contribution < -0.4 is 0 Å². The molecule has 1 aliphatic heterocycles. The van der Waals surface area contributed by atoms with Gasteiger partial charge in [0, 0.05) is 11.8 Å². The average Bonchev–Trinajstić information content (AvgIpc) is 2.54. The van der Waals surface area contributed by atoms with Gasteiger partial charge in [0.2, 0.25) is 0 Å². The maximum atomic E-state index is 2.40. The highest BCUT2D eigenvalue weighted by atomic mass is 31.2. The summed E-state index contributed by atoms with van der Waals surface area (Å²) in [5.74, 6) is 0.970. The van der Waals surface area contributed by atoms with Gasteiger partial charge in [0.25, 0.3) is 0 Å². The van der Waals surface area contributed by atoms with Gasteiger partial charge >= 0.3 is 0 Å². The van der Waals surface area contributed by atoms with Crippen molar-refractivity contribution in [1.29, 1.82) is 0 Å². The Morgan fingerprint density at radius 2 is 1.30 bits per heavy atom. The molecule has 3 aliphatic carbocycles. The zero-order valence-corrected chi connectivity index (χ0v) is 12.8. The molecule has 0 nitrogen and oxygen atoms in total. The molecule has 0 atom stereocenters. The molecule has 1 heterocycles. The Morgan fingerprint density at radius 3 is 1.90 bits per heavy atom. The Hall–Kier alpha value is -1.56. The molecule has 0 spiro atoms. The van der Waals surface area contributed by atoms with Gasteiger partial charge in [-0.3, -0.25) is 0 Å². The van der Waals surface area contributed by atoms with E-state index in [0.717, 1.165) is 8.77 Å². The van der Waals surface area contributed by atoms with Crippen LogP contribution >= 0.6 is 7.72 Å². The maximum Gasteiger partial charge on any atom is 0.0919 e. The summed E-state index contributed by atoms with van der Waals surface area (Å²) in [5.41, 5.74) is 10.1. The summed E-state index contributed by atoms with van der Waals surface area (Å²) in [6.45, 7) is 0. The fourth-order valence-electron chi connectivity index (χ4n) is 3.90. The summed E-state index contributed by atoms with van der Waals surface area (Å²) in [4.78, 5) is 0. The van der Waals surface area contributed by atoms with E-state index in [4.69, 9.17) is 0 Å². The Morgan fingerprint density at radius 1 is 0.750 bits per heavy atom. The van der Waals surface area contributed by atoms with Crippen molar-refractivity contribution in [3.05, 3.63) is 93.4 Å². The van der Waals surface area contributed by atoms with Gasteiger partial charge in [-0.15, -0.1) is 0 Å². The molecule has 1 radical (unpaired) electrons. The van der Waals surface area contributed by atoms with Gasteiger partial charge in [0.15, 0.2) is 0 Å². The lowest BCUT2D eigenvalue weighted by molar-refractivity contribution is 0.774. The van der Waals surface area contributed by atoms with Crippen LogP contribution in [-0.2, 0) is 0 Å². The number of hydrogen-bond donors (Lipinski definition) is 0. The molecule has 0 unspecified atom stereocenters. The molecule has 6 rings (SSSR count). The highest BCUT2D eigenvalue weighted by molar-refractivity contribution is 7.53. The van der Waals surface area contributed by atoms with Crippen molar-refractivity contribution in [3.63, 3.8) is 0 Å². The number of benzene rings is 2. The van der Waals surface area contributed by atoms with E-state index in [1.165, 1.54) is 18.8 Å². The third-order valence-corrected chi connectivity index (χ3v) is 7.40. The molecular formula is C18H12PSi. The highest BCUT2D eigenvalue weighted by Gasteiger charge is 2.41. The van der Waals surface area contributed by atoms with Crippen LogP contribution in [0.15, 0.2) is 71.2 Å². The lowest BCUT2D eigenvalue weighted by atomic mass is 9.64. The molecule has 0 N–H and O–H groups in total. The van der Waals surface area contributed by atoms with Crippen molar-refractivity contribution in [1.82, 2.24) is 0 Å². The molecular weight excluding hydrogens is 275 g/mol. The largest absolute Gasteiger partial charge is 0.0985 e. The lowest BCUT2D eigenvalue weighted by Crippen LogP contribution is -2.26. The first-order valence-corrected chi connectivity index (χ1v) is 9.81. The monoisotopic (exact) mass is 287 g/mol. The Kier molecular flexibility index (Phi) is 2.21. The van der Waals surface area contributed by atoms with Crippen LogP contribution in [0.25, 0.3) is 0 Å². The molecule has 2 aromatic rings. The summed E-state index contributed by atoms with van der Waals surface area (Å²) in [6.07, 6.45) is 2.40. The molecule has 20 heavy (non-hydrogen) atoms. The summed E-state index contributed by atoms with van der Waals surface area (Å²) in [7, 11) is 2.46. The lowest BCUT2D eigenvalue weighted by Gasteiger charge is -2.42. The Bertz CT molecular complexity index is 713. The fourth-order valence-corrected chi connectivity index (χ4v) is 6.74. The first kappa shape index (κ1) is 11.1. The SMILES string of the molecule is C1=CC2=C(P=[Si]1)C1c3ccccc3C2c2ccccc21. The summed E-state index contributed by atoms with van der Waals surface area (Å²) >= 11 is 0. The van der Waals surface area contributed by atoms with Crippen molar-refractivity contribution in [2.75, 3.05) is 0 Å². The fraction of sp³-hybridized carbons (Fsp3) is 0.111. The Labute approximate surface area is 122 Å². The third-order valence-electron chi connectivity index (χ3n) is 4.64. The number of rotatable bonds is 0. The summed E-state index contributed by atoms with van der Waals surface area (Å²) in [6, 6.07) is 18.1. The zero-order chi connectivity index (χ0) is 13.1. The minimum Gasteiger partial charge on any atom is -0.0985 e. The van der Waals surface area contributed by atoms with E-state index in [0.29, 0.717) is 11.8 Å². The molecule has 0 fully saturated rings. The van der Waals surface area contributed by atoms with Crippen molar-refractivity contribution in [3.8, 4) is 0 Å². The molecule has 0 saturated carbocycles. The standard InChI is InChI=1S/C18H12PSi/c1-3-7-13-11(5-1)16-12-6-2-4-8-14(12)17(13)18-15(16)9-10-20-19-18/h1-10,16-17H. The topological polar surface area (TPSA) is 0 Å². The smallest absolute Gasteiger partial charge is 0.0919 e. The second kappa shape index (κ2) is 3.97. The van der Waals surface area contributed by atoms with Crippen LogP contribution in [-0.4, -0.2) is 8.77 Å². The zero-order valence-electron chi connectivity index (χ0n) is 10.9. The second-order valence-electron chi connectivity index (χ2n) is 5.54. The molecule has 0 amide bonds. The normalized spacial score (nSPS) is 25.2. The second-order valence-corrected chi connectivity index (χ2v) is 8.28. The highest BCUT2D eigenvalue weighted by Crippen LogP contribution is 2.58. The van der Waals surface area contributed by atoms with Gasteiger partial charge in [0.1, 0.15) is 0 Å². The van der Waals surface area contributed by atoms with Crippen LogP contribution in [0, 0.1) is 0 Å². The van der Waals surface area contributed by atoms with Crippen molar-refractivity contribution < 1.29 is 0 Å². The molecule has 2 aromatic carbocycles. The van der Waals surface area contributed by atoms with Crippen LogP contribution in [0.3, 0.4) is 0 Å². The van der Waals surface area contributed by atoms with Crippen LogP contribution in [0.1, 0.15) is 34.1 Å². The first-order chi connectivity index (χ1) is 9.95. The number of hydrogen-bond acceptors (Lipinski definition) is 0. The summed E-state index contributed by atoms with van der Waals surface area (Å²) < 4.78 is 0. The van der Waals surface area contributed by atoms with Gasteiger partial charge in [0.05, 0.1) is 8.77 Å². The van der Waals surface area contributed by atoms with E-state index in [1.54, 1.807) is 22.0 Å². The minimum atomic E-state index is 0.469. The minimum absolute atomic E-state index is 0.469. The van der Waals surface area contributed by atoms with Gasteiger partial charge in [-0.2, -0.15) is 0 Å². The van der Waals surface area contributed by atoms with Crippen molar-refractivity contribution in [2.24, 2.45) is 0 Å². The van der Waals surface area contributed by atoms with E-state index in [1.807, 2.05) is 0 Å². The van der Waals surface area contributed by atoms with Crippen molar-refractivity contribution in [2.45, 2.75) is 11.8 Å². The summed E-state index contributed by atoms with van der Waals surface area (Å²) in [5, 5.41) is 1.66. The van der Waals surface area contributed by atoms with Gasteiger partial charge in [-0.05, 0) is 33.1 Å². The van der Waals surface area contributed by atoms with E-state index in [2.05, 4.69) is 60.3 Å². The maximum absolute atomic E-state index is 2.40. The predicted molar refractivity (Wildman–Crippen MR) is 85.4 cm³/mol. The quantitative estimate of drug-likeness (QED) is 0.490. The number of allylic oxidation sites excluding steroid dienone is 3. The molecule has 2 bridgehead atoms. The molecule has 0 saturated heterocycles. The third kappa shape index (κ3) is 1.27. The van der Waals surface area contributed by atoms with Crippen molar-refractivity contribution >= 4 is 16.5 Å². The average molecular weight is 287 g/mol. The molecule has 2 heteroatoms.